The molecule has 3 rings (SSSR count). The lowest BCUT2D eigenvalue weighted by Gasteiger charge is -2.08. The minimum absolute atomic E-state index is 0.480. The molecule has 0 aliphatic heterocycles. The largest absolute Gasteiger partial charge is 0.246 e. The van der Waals surface area contributed by atoms with Gasteiger partial charge < -0.3 is 0 Å². The molecule has 88 valence electrons. The second-order valence-electron chi connectivity index (χ2n) is 4.36. The van der Waals surface area contributed by atoms with Crippen LogP contribution in [-0.2, 0) is 7.05 Å². The number of hydrogen-bond acceptors (Lipinski definition) is 4. The van der Waals surface area contributed by atoms with Crippen molar-refractivity contribution in [1.29, 1.82) is 0 Å². The van der Waals surface area contributed by atoms with Crippen LogP contribution in [0.1, 0.15) is 30.1 Å². The van der Waals surface area contributed by atoms with Gasteiger partial charge in [-0.05, 0) is 19.8 Å². The summed E-state index contributed by atoms with van der Waals surface area (Å²) >= 11 is 6.16. The Morgan fingerprint density at radius 1 is 1.35 bits per heavy atom. The van der Waals surface area contributed by atoms with Crippen molar-refractivity contribution >= 4 is 11.6 Å². The van der Waals surface area contributed by atoms with Gasteiger partial charge in [-0.1, -0.05) is 16.8 Å². The number of aromatic nitrogens is 5. The van der Waals surface area contributed by atoms with Crippen molar-refractivity contribution in [2.24, 2.45) is 7.05 Å². The van der Waals surface area contributed by atoms with Crippen molar-refractivity contribution in [2.45, 2.75) is 25.7 Å². The molecule has 6 heteroatoms. The average Bonchev–Trinajstić information content (AvgIpc) is 3.06. The summed E-state index contributed by atoms with van der Waals surface area (Å²) in [5.41, 5.74) is 2.58. The molecule has 1 saturated carbocycles. The van der Waals surface area contributed by atoms with Gasteiger partial charge in [0.1, 0.15) is 16.7 Å². The van der Waals surface area contributed by atoms with E-state index in [0.717, 1.165) is 35.6 Å². The van der Waals surface area contributed by atoms with Gasteiger partial charge in [-0.15, -0.1) is 5.10 Å². The van der Waals surface area contributed by atoms with Crippen LogP contribution >= 0.6 is 11.6 Å². The van der Waals surface area contributed by atoms with Gasteiger partial charge in [-0.3, -0.25) is 0 Å². The number of rotatable bonds is 2. The molecular weight excluding hydrogens is 238 g/mol. The van der Waals surface area contributed by atoms with E-state index in [4.69, 9.17) is 11.6 Å². The van der Waals surface area contributed by atoms with Gasteiger partial charge in [0.15, 0.2) is 0 Å². The Morgan fingerprint density at radius 2 is 2.12 bits per heavy atom. The molecule has 0 N–H and O–H groups in total. The van der Waals surface area contributed by atoms with Crippen molar-refractivity contribution in [3.63, 3.8) is 0 Å². The zero-order chi connectivity index (χ0) is 12.0. The SMILES string of the molecule is Cc1c(Cl)nc(C2CC2)nc1-c1cnnn1C. The number of aryl methyl sites for hydroxylation is 1. The molecule has 1 fully saturated rings. The van der Waals surface area contributed by atoms with Gasteiger partial charge >= 0.3 is 0 Å². The van der Waals surface area contributed by atoms with Crippen molar-refractivity contribution in [3.05, 3.63) is 22.7 Å². The standard InChI is InChI=1S/C11H12ClN5/c1-6-9(8-5-13-16-17(8)2)14-11(7-3-4-7)15-10(6)12/h5,7H,3-4H2,1-2H3. The van der Waals surface area contributed by atoms with Crippen LogP contribution in [-0.4, -0.2) is 25.0 Å². The monoisotopic (exact) mass is 249 g/mol. The quantitative estimate of drug-likeness (QED) is 0.765. The maximum absolute atomic E-state index is 6.16. The fraction of sp³-hybridized carbons (Fsp3) is 0.455. The summed E-state index contributed by atoms with van der Waals surface area (Å²) in [5, 5.41) is 8.31. The first-order valence-electron chi connectivity index (χ1n) is 5.56. The highest BCUT2D eigenvalue weighted by molar-refractivity contribution is 6.30. The fourth-order valence-electron chi connectivity index (χ4n) is 1.78. The third-order valence-corrected chi connectivity index (χ3v) is 3.37. The van der Waals surface area contributed by atoms with Crippen molar-refractivity contribution in [3.8, 4) is 11.4 Å². The molecule has 0 spiro atoms. The highest BCUT2D eigenvalue weighted by Crippen LogP contribution is 2.39. The smallest absolute Gasteiger partial charge is 0.136 e. The normalized spacial score (nSPS) is 15.2. The van der Waals surface area contributed by atoms with Crippen LogP contribution < -0.4 is 0 Å². The molecule has 0 amide bonds. The number of hydrogen-bond donors (Lipinski definition) is 0. The lowest BCUT2D eigenvalue weighted by atomic mass is 10.2. The lowest BCUT2D eigenvalue weighted by Crippen LogP contribution is -2.03. The Kier molecular flexibility index (Phi) is 2.36. The van der Waals surface area contributed by atoms with Crippen LogP contribution in [0.15, 0.2) is 6.20 Å². The first kappa shape index (κ1) is 10.7. The van der Waals surface area contributed by atoms with Gasteiger partial charge in [0, 0.05) is 18.5 Å². The molecule has 0 bridgehead atoms. The summed E-state index contributed by atoms with van der Waals surface area (Å²) in [6, 6.07) is 0. The Hall–Kier alpha value is -1.49. The van der Waals surface area contributed by atoms with E-state index in [2.05, 4.69) is 20.3 Å². The van der Waals surface area contributed by atoms with Crippen molar-refractivity contribution in [2.75, 3.05) is 0 Å². The zero-order valence-corrected chi connectivity index (χ0v) is 10.4. The number of halogens is 1. The molecule has 2 aromatic rings. The van der Waals surface area contributed by atoms with E-state index in [1.807, 2.05) is 14.0 Å². The third kappa shape index (κ3) is 1.80. The number of nitrogens with zero attached hydrogens (tertiary/aromatic N) is 5. The van der Waals surface area contributed by atoms with Gasteiger partial charge in [0.05, 0.1) is 11.9 Å². The van der Waals surface area contributed by atoms with E-state index in [1.165, 1.54) is 0 Å². The van der Waals surface area contributed by atoms with Crippen LogP contribution in [0.4, 0.5) is 0 Å². The third-order valence-electron chi connectivity index (χ3n) is 3.00. The van der Waals surface area contributed by atoms with Gasteiger partial charge in [-0.25, -0.2) is 14.6 Å². The minimum atomic E-state index is 0.480. The second-order valence-corrected chi connectivity index (χ2v) is 4.72. The molecule has 0 atom stereocenters. The van der Waals surface area contributed by atoms with Gasteiger partial charge in [-0.2, -0.15) is 0 Å². The minimum Gasteiger partial charge on any atom is -0.246 e. The molecule has 0 radical (unpaired) electrons. The average molecular weight is 250 g/mol. The molecule has 17 heavy (non-hydrogen) atoms. The maximum atomic E-state index is 6.16. The van der Waals surface area contributed by atoms with Crippen LogP contribution in [0.25, 0.3) is 11.4 Å². The molecular formula is C11H12ClN5. The Bertz CT molecular complexity index is 573. The van der Waals surface area contributed by atoms with Crippen molar-refractivity contribution < 1.29 is 0 Å². The van der Waals surface area contributed by atoms with Gasteiger partial charge in [0.25, 0.3) is 0 Å². The Labute approximate surface area is 104 Å². The van der Waals surface area contributed by atoms with E-state index in [-0.39, 0.29) is 0 Å². The Balaban J connectivity index is 2.17. The van der Waals surface area contributed by atoms with Gasteiger partial charge in [0.2, 0.25) is 0 Å². The molecule has 2 heterocycles. The predicted molar refractivity (Wildman–Crippen MR) is 63.8 cm³/mol. The molecule has 0 aromatic carbocycles. The molecule has 5 nitrogen and oxygen atoms in total. The predicted octanol–water partition coefficient (Wildman–Crippen LogP) is 2.11. The van der Waals surface area contributed by atoms with E-state index in [1.54, 1.807) is 10.9 Å². The zero-order valence-electron chi connectivity index (χ0n) is 9.68. The van der Waals surface area contributed by atoms with Crippen LogP contribution in [0, 0.1) is 6.92 Å². The summed E-state index contributed by atoms with van der Waals surface area (Å²) in [4.78, 5) is 8.94. The Morgan fingerprint density at radius 3 is 2.71 bits per heavy atom. The summed E-state index contributed by atoms with van der Waals surface area (Å²) in [6.45, 7) is 1.92. The lowest BCUT2D eigenvalue weighted by molar-refractivity contribution is 0.717. The molecule has 0 unspecified atom stereocenters. The van der Waals surface area contributed by atoms with E-state index in [9.17, 15) is 0 Å². The topological polar surface area (TPSA) is 56.5 Å². The van der Waals surface area contributed by atoms with E-state index < -0.39 is 0 Å². The molecule has 1 aliphatic carbocycles. The maximum Gasteiger partial charge on any atom is 0.136 e. The van der Waals surface area contributed by atoms with E-state index in [0.29, 0.717) is 11.1 Å². The first-order chi connectivity index (χ1) is 8.16. The van der Waals surface area contributed by atoms with Crippen LogP contribution in [0.2, 0.25) is 5.15 Å². The fourth-order valence-corrected chi connectivity index (χ4v) is 1.96. The highest BCUT2D eigenvalue weighted by Gasteiger charge is 2.28. The van der Waals surface area contributed by atoms with Crippen LogP contribution in [0.5, 0.6) is 0 Å². The highest BCUT2D eigenvalue weighted by atomic mass is 35.5. The molecule has 2 aromatic heterocycles. The summed E-state index contributed by atoms with van der Waals surface area (Å²) in [7, 11) is 1.84. The molecule has 0 saturated heterocycles. The second kappa shape index (κ2) is 3.77. The van der Waals surface area contributed by atoms with E-state index >= 15 is 0 Å². The summed E-state index contributed by atoms with van der Waals surface area (Å²) in [6.07, 6.45) is 4.01. The summed E-state index contributed by atoms with van der Waals surface area (Å²) < 4.78 is 1.70. The van der Waals surface area contributed by atoms with Crippen molar-refractivity contribution in [1.82, 2.24) is 25.0 Å². The molecule has 1 aliphatic rings. The van der Waals surface area contributed by atoms with Crippen LogP contribution in [0.3, 0.4) is 0 Å². The summed E-state index contributed by atoms with van der Waals surface area (Å²) in [5.74, 6) is 1.32. The first-order valence-corrected chi connectivity index (χ1v) is 5.93.